The zero-order valence-electron chi connectivity index (χ0n) is 8.74. The van der Waals surface area contributed by atoms with E-state index in [-0.39, 0.29) is 23.3 Å². The molecule has 0 saturated heterocycles. The summed E-state index contributed by atoms with van der Waals surface area (Å²) in [5.41, 5.74) is 0.415. The molecule has 0 spiro atoms. The minimum absolute atomic E-state index is 0.101. The van der Waals surface area contributed by atoms with Crippen LogP contribution in [0.4, 0.5) is 4.39 Å². The van der Waals surface area contributed by atoms with Crippen LogP contribution in [0.3, 0.4) is 0 Å². The van der Waals surface area contributed by atoms with E-state index in [1.54, 1.807) is 18.2 Å². The van der Waals surface area contributed by atoms with Crippen LogP contribution in [-0.2, 0) is 6.54 Å². The van der Waals surface area contributed by atoms with Crippen LogP contribution in [-0.4, -0.2) is 5.91 Å². The lowest BCUT2D eigenvalue weighted by molar-refractivity contribution is 0.0923. The predicted octanol–water partition coefficient (Wildman–Crippen LogP) is 3.00. The van der Waals surface area contributed by atoms with Crippen LogP contribution in [0.15, 0.2) is 40.8 Å². The van der Waals surface area contributed by atoms with Crippen molar-refractivity contribution in [2.24, 2.45) is 0 Å². The topological polar surface area (TPSA) is 42.2 Å². The highest BCUT2D eigenvalue weighted by Gasteiger charge is 2.10. The minimum Gasteiger partial charge on any atom is -0.440 e. The molecule has 5 heteroatoms. The van der Waals surface area contributed by atoms with E-state index in [0.717, 1.165) is 0 Å². The molecule has 0 aliphatic carbocycles. The van der Waals surface area contributed by atoms with Gasteiger partial charge in [0.25, 0.3) is 5.91 Å². The van der Waals surface area contributed by atoms with Gasteiger partial charge >= 0.3 is 0 Å². The molecule has 1 aromatic heterocycles. The van der Waals surface area contributed by atoms with E-state index >= 15 is 0 Å². The lowest BCUT2D eigenvalue weighted by Crippen LogP contribution is -2.22. The Hall–Kier alpha value is -1.81. The molecule has 1 heterocycles. The molecular weight excluding hydrogens is 245 g/mol. The first-order chi connectivity index (χ1) is 8.16. The summed E-state index contributed by atoms with van der Waals surface area (Å²) in [6.45, 7) is 0.101. The van der Waals surface area contributed by atoms with Gasteiger partial charge in [0, 0.05) is 12.1 Å². The zero-order valence-corrected chi connectivity index (χ0v) is 9.50. The maximum atomic E-state index is 13.3. The van der Waals surface area contributed by atoms with Crippen molar-refractivity contribution < 1.29 is 13.6 Å². The van der Waals surface area contributed by atoms with Crippen molar-refractivity contribution in [1.82, 2.24) is 5.32 Å². The second-order valence-corrected chi connectivity index (χ2v) is 3.75. The summed E-state index contributed by atoms with van der Waals surface area (Å²) in [6.07, 6.45) is 0. The number of hydrogen-bond acceptors (Lipinski definition) is 2. The van der Waals surface area contributed by atoms with Crippen LogP contribution in [0.1, 0.15) is 16.1 Å². The number of halogens is 2. The largest absolute Gasteiger partial charge is 0.440 e. The van der Waals surface area contributed by atoms with Crippen molar-refractivity contribution in [2.45, 2.75) is 6.54 Å². The van der Waals surface area contributed by atoms with Crippen LogP contribution in [0, 0.1) is 5.82 Å². The molecule has 0 unspecified atom stereocenters. The Kier molecular flexibility index (Phi) is 3.44. The van der Waals surface area contributed by atoms with E-state index in [1.807, 2.05) is 0 Å². The fourth-order valence-electron chi connectivity index (χ4n) is 1.34. The highest BCUT2D eigenvalue weighted by atomic mass is 35.5. The Morgan fingerprint density at radius 3 is 2.71 bits per heavy atom. The average molecular weight is 254 g/mol. The van der Waals surface area contributed by atoms with Gasteiger partial charge in [-0.1, -0.05) is 18.2 Å². The molecule has 88 valence electrons. The third-order valence-corrected chi connectivity index (χ3v) is 2.40. The van der Waals surface area contributed by atoms with Gasteiger partial charge in [0.1, 0.15) is 5.82 Å². The molecular formula is C12H9ClFNO2. The molecule has 1 N–H and O–H groups in total. The summed E-state index contributed by atoms with van der Waals surface area (Å²) in [6, 6.07) is 9.16. The summed E-state index contributed by atoms with van der Waals surface area (Å²) in [5, 5.41) is 2.68. The molecule has 0 aliphatic rings. The van der Waals surface area contributed by atoms with E-state index in [1.165, 1.54) is 18.2 Å². The molecule has 0 aliphatic heterocycles. The van der Waals surface area contributed by atoms with Crippen molar-refractivity contribution in [3.05, 3.63) is 58.8 Å². The average Bonchev–Trinajstić information content (AvgIpc) is 2.74. The number of furan rings is 1. The van der Waals surface area contributed by atoms with Gasteiger partial charge in [-0.2, -0.15) is 0 Å². The third kappa shape index (κ3) is 2.85. The molecule has 0 radical (unpaired) electrons. The van der Waals surface area contributed by atoms with Gasteiger partial charge in [-0.15, -0.1) is 0 Å². The van der Waals surface area contributed by atoms with Gasteiger partial charge in [-0.3, -0.25) is 4.79 Å². The lowest BCUT2D eigenvalue weighted by atomic mass is 10.2. The quantitative estimate of drug-likeness (QED) is 0.914. The minimum atomic E-state index is -0.430. The van der Waals surface area contributed by atoms with Gasteiger partial charge in [0.2, 0.25) is 0 Å². The summed E-state index contributed by atoms with van der Waals surface area (Å²) >= 11 is 5.54. The van der Waals surface area contributed by atoms with Crippen molar-refractivity contribution in [2.75, 3.05) is 0 Å². The first kappa shape index (κ1) is 11.7. The molecule has 0 fully saturated rings. The summed E-state index contributed by atoms with van der Waals surface area (Å²) in [7, 11) is 0. The standard InChI is InChI=1S/C12H9ClFNO2/c13-11-6-5-10(17-11)12(16)15-7-8-3-1-2-4-9(8)14/h1-6H,7H2,(H,15,16). The third-order valence-electron chi connectivity index (χ3n) is 2.19. The summed E-state index contributed by atoms with van der Waals surface area (Å²) in [4.78, 5) is 11.6. The van der Waals surface area contributed by atoms with Crippen molar-refractivity contribution >= 4 is 17.5 Å². The first-order valence-electron chi connectivity index (χ1n) is 4.94. The van der Waals surface area contributed by atoms with Gasteiger partial charge < -0.3 is 9.73 Å². The lowest BCUT2D eigenvalue weighted by Gasteiger charge is -2.04. The van der Waals surface area contributed by atoms with Crippen molar-refractivity contribution in [1.29, 1.82) is 0 Å². The van der Waals surface area contributed by atoms with Gasteiger partial charge in [0.15, 0.2) is 11.0 Å². The normalized spacial score (nSPS) is 10.2. The number of hydrogen-bond donors (Lipinski definition) is 1. The van der Waals surface area contributed by atoms with E-state index in [2.05, 4.69) is 5.32 Å². The van der Waals surface area contributed by atoms with Crippen LogP contribution >= 0.6 is 11.6 Å². The maximum Gasteiger partial charge on any atom is 0.287 e. The highest BCUT2D eigenvalue weighted by Crippen LogP contribution is 2.13. The summed E-state index contributed by atoms with van der Waals surface area (Å²) < 4.78 is 18.2. The molecule has 0 atom stereocenters. The number of rotatable bonds is 3. The van der Waals surface area contributed by atoms with Gasteiger partial charge in [-0.05, 0) is 29.8 Å². The molecule has 2 rings (SSSR count). The number of carbonyl (C=O) groups is 1. The van der Waals surface area contributed by atoms with E-state index in [4.69, 9.17) is 16.0 Å². The fraction of sp³-hybridized carbons (Fsp3) is 0.0833. The Morgan fingerprint density at radius 2 is 2.06 bits per heavy atom. The van der Waals surface area contributed by atoms with E-state index in [9.17, 15) is 9.18 Å². The maximum absolute atomic E-state index is 13.3. The molecule has 17 heavy (non-hydrogen) atoms. The number of benzene rings is 1. The SMILES string of the molecule is O=C(NCc1ccccc1F)c1ccc(Cl)o1. The monoisotopic (exact) mass is 253 g/mol. The number of carbonyl (C=O) groups excluding carboxylic acids is 1. The first-order valence-corrected chi connectivity index (χ1v) is 5.31. The Morgan fingerprint density at radius 1 is 1.29 bits per heavy atom. The summed E-state index contributed by atoms with van der Waals surface area (Å²) in [5.74, 6) is -0.684. The molecule has 1 aromatic carbocycles. The molecule has 2 aromatic rings. The zero-order chi connectivity index (χ0) is 12.3. The molecule has 3 nitrogen and oxygen atoms in total. The second kappa shape index (κ2) is 5.01. The van der Waals surface area contributed by atoms with Crippen LogP contribution in [0.5, 0.6) is 0 Å². The Balaban J connectivity index is 1.99. The fourth-order valence-corrected chi connectivity index (χ4v) is 1.49. The van der Waals surface area contributed by atoms with Crippen LogP contribution in [0.25, 0.3) is 0 Å². The Labute approximate surface area is 102 Å². The van der Waals surface area contributed by atoms with Crippen LogP contribution in [0.2, 0.25) is 5.22 Å². The Bertz CT molecular complexity index is 539. The molecule has 1 amide bonds. The van der Waals surface area contributed by atoms with Crippen molar-refractivity contribution in [3.63, 3.8) is 0 Å². The second-order valence-electron chi connectivity index (χ2n) is 3.38. The van der Waals surface area contributed by atoms with Gasteiger partial charge in [-0.25, -0.2) is 4.39 Å². The molecule has 0 bridgehead atoms. The smallest absolute Gasteiger partial charge is 0.287 e. The van der Waals surface area contributed by atoms with E-state index in [0.29, 0.717) is 5.56 Å². The van der Waals surface area contributed by atoms with Crippen molar-refractivity contribution in [3.8, 4) is 0 Å². The van der Waals surface area contributed by atoms with Gasteiger partial charge in [0.05, 0.1) is 0 Å². The number of amides is 1. The van der Waals surface area contributed by atoms with Crippen LogP contribution < -0.4 is 5.32 Å². The molecule has 0 saturated carbocycles. The number of nitrogens with one attached hydrogen (secondary N) is 1. The predicted molar refractivity (Wildman–Crippen MR) is 61.3 cm³/mol. The highest BCUT2D eigenvalue weighted by molar-refractivity contribution is 6.29. The van der Waals surface area contributed by atoms with E-state index < -0.39 is 5.91 Å².